The van der Waals surface area contributed by atoms with Crippen molar-refractivity contribution in [2.75, 3.05) is 7.11 Å². The molecule has 32 heavy (non-hydrogen) atoms. The molecule has 0 spiro atoms. The van der Waals surface area contributed by atoms with Gasteiger partial charge < -0.3 is 9.84 Å². The van der Waals surface area contributed by atoms with Crippen molar-refractivity contribution in [2.45, 2.75) is 79.2 Å². The Labute approximate surface area is 190 Å². The first-order chi connectivity index (χ1) is 14.5. The summed E-state index contributed by atoms with van der Waals surface area (Å²) in [5.74, 6) is -2.03. The molecule has 4 unspecified atom stereocenters. The third-order valence-electron chi connectivity index (χ3n) is 10.9. The van der Waals surface area contributed by atoms with Crippen LogP contribution >= 0.6 is 0 Å². The number of Topliss-reactive ketones (excluding diaryl/α,β-unsaturated/α-hetero) is 3. The molecule has 6 heteroatoms. The molecule has 0 amide bonds. The van der Waals surface area contributed by atoms with Crippen LogP contribution in [-0.2, 0) is 23.9 Å². The summed E-state index contributed by atoms with van der Waals surface area (Å²) in [7, 11) is 1.24. The number of aliphatic hydroxyl groups is 1. The minimum Gasteiger partial charge on any atom is -0.468 e. The number of hydrogen-bond acceptors (Lipinski definition) is 6. The standard InChI is InChI=1S/C26H36O6/c1-14-24(7)13-17-22(5)11-10-18(28)21(3,4)16(22)9-12-23(17,6)25(14,20(30)32-8)19(29)26(24,31)15(2)27/h16-17,31H,1,9-13H2,2-8H3/t16?,17?,22-,23+,24?,25?,26+/m0/s1. The molecule has 7 atom stereocenters. The zero-order valence-electron chi connectivity index (χ0n) is 20.4. The van der Waals surface area contributed by atoms with Gasteiger partial charge in [-0.1, -0.05) is 41.2 Å². The van der Waals surface area contributed by atoms with Gasteiger partial charge in [-0.25, -0.2) is 0 Å². The van der Waals surface area contributed by atoms with Crippen molar-refractivity contribution in [3.63, 3.8) is 0 Å². The van der Waals surface area contributed by atoms with Crippen LogP contribution < -0.4 is 0 Å². The lowest BCUT2D eigenvalue weighted by Crippen LogP contribution is -2.66. The van der Waals surface area contributed by atoms with Crippen molar-refractivity contribution >= 4 is 23.3 Å². The molecule has 0 aliphatic heterocycles. The van der Waals surface area contributed by atoms with Crippen molar-refractivity contribution in [3.8, 4) is 0 Å². The van der Waals surface area contributed by atoms with E-state index in [0.717, 1.165) is 0 Å². The van der Waals surface area contributed by atoms with E-state index in [9.17, 15) is 24.3 Å². The number of fused-ring (bicyclic) bond motifs is 6. The van der Waals surface area contributed by atoms with Gasteiger partial charge in [0.25, 0.3) is 0 Å². The molecule has 2 bridgehead atoms. The average Bonchev–Trinajstić information content (AvgIpc) is 2.81. The second-order valence-electron chi connectivity index (χ2n) is 12.1. The van der Waals surface area contributed by atoms with Gasteiger partial charge in [0.15, 0.2) is 22.6 Å². The predicted octanol–water partition coefficient (Wildman–Crippen LogP) is 3.44. The second kappa shape index (κ2) is 6.19. The van der Waals surface area contributed by atoms with E-state index in [1.165, 1.54) is 14.0 Å². The Morgan fingerprint density at radius 3 is 2.19 bits per heavy atom. The number of carbonyl (C=O) groups is 4. The molecular formula is C26H36O6. The van der Waals surface area contributed by atoms with Crippen LogP contribution in [0.5, 0.6) is 0 Å². The number of ketones is 3. The molecule has 4 rings (SSSR count). The Morgan fingerprint density at radius 1 is 1.06 bits per heavy atom. The third kappa shape index (κ3) is 2.03. The number of hydrogen-bond donors (Lipinski definition) is 1. The van der Waals surface area contributed by atoms with Crippen molar-refractivity contribution in [1.29, 1.82) is 0 Å². The first-order valence-electron chi connectivity index (χ1n) is 11.6. The number of methoxy groups -OCH3 is 1. The zero-order chi connectivity index (χ0) is 24.3. The van der Waals surface area contributed by atoms with E-state index >= 15 is 0 Å². The molecular weight excluding hydrogens is 408 g/mol. The molecule has 0 saturated heterocycles. The van der Waals surface area contributed by atoms with E-state index < -0.39 is 44.8 Å². The minimum absolute atomic E-state index is 0.0823. The Hall–Kier alpha value is -1.82. The van der Waals surface area contributed by atoms with Crippen LogP contribution in [0.1, 0.15) is 73.6 Å². The normalized spacial score (nSPS) is 49.3. The molecule has 0 radical (unpaired) electrons. The van der Waals surface area contributed by atoms with Gasteiger partial charge in [-0.05, 0) is 60.8 Å². The zero-order valence-corrected chi connectivity index (χ0v) is 20.4. The smallest absolute Gasteiger partial charge is 0.324 e. The van der Waals surface area contributed by atoms with Crippen LogP contribution in [-0.4, -0.2) is 41.1 Å². The van der Waals surface area contributed by atoms with Crippen molar-refractivity contribution in [3.05, 3.63) is 12.2 Å². The van der Waals surface area contributed by atoms with Gasteiger partial charge in [0.1, 0.15) is 5.78 Å². The Bertz CT molecular complexity index is 979. The molecule has 4 saturated carbocycles. The SMILES string of the molecule is C=C1C2(C)CC3[C@@]4(C)CCC(=O)C(C)(C)C4CC[C@@]3(C)C1(C(=O)OC)C(=O)[C@]2(O)C(C)=O. The van der Waals surface area contributed by atoms with Gasteiger partial charge in [0.05, 0.1) is 7.11 Å². The maximum Gasteiger partial charge on any atom is 0.324 e. The largest absolute Gasteiger partial charge is 0.468 e. The Balaban J connectivity index is 2.04. The highest BCUT2D eigenvalue weighted by Crippen LogP contribution is 2.79. The number of ether oxygens (including phenoxy) is 1. The maximum atomic E-state index is 14.1. The van der Waals surface area contributed by atoms with Crippen LogP contribution in [0.4, 0.5) is 0 Å². The van der Waals surface area contributed by atoms with E-state index in [1.807, 2.05) is 20.8 Å². The molecule has 4 fully saturated rings. The lowest BCUT2D eigenvalue weighted by atomic mass is 9.35. The van der Waals surface area contributed by atoms with E-state index in [1.54, 1.807) is 6.92 Å². The van der Waals surface area contributed by atoms with Gasteiger partial charge in [-0.3, -0.25) is 19.2 Å². The average molecular weight is 445 g/mol. The van der Waals surface area contributed by atoms with Crippen LogP contribution in [0.3, 0.4) is 0 Å². The first kappa shape index (κ1) is 23.3. The fraction of sp³-hybridized carbons (Fsp3) is 0.769. The lowest BCUT2D eigenvalue weighted by molar-refractivity contribution is -0.198. The van der Waals surface area contributed by atoms with Crippen LogP contribution in [0.15, 0.2) is 12.2 Å². The van der Waals surface area contributed by atoms with Crippen LogP contribution in [0.25, 0.3) is 0 Å². The summed E-state index contributed by atoms with van der Waals surface area (Å²) in [5.41, 5.74) is -6.84. The van der Waals surface area contributed by atoms with Crippen molar-refractivity contribution in [2.24, 2.45) is 38.9 Å². The monoisotopic (exact) mass is 444 g/mol. The van der Waals surface area contributed by atoms with E-state index in [0.29, 0.717) is 37.7 Å². The molecule has 0 heterocycles. The summed E-state index contributed by atoms with van der Waals surface area (Å²) in [6.45, 7) is 15.2. The molecule has 6 nitrogen and oxygen atoms in total. The molecule has 176 valence electrons. The van der Waals surface area contributed by atoms with Crippen molar-refractivity contribution < 1.29 is 29.0 Å². The van der Waals surface area contributed by atoms with E-state index in [-0.39, 0.29) is 23.0 Å². The Morgan fingerprint density at radius 2 is 1.66 bits per heavy atom. The predicted molar refractivity (Wildman–Crippen MR) is 117 cm³/mol. The number of rotatable bonds is 2. The molecule has 1 N–H and O–H groups in total. The first-order valence-corrected chi connectivity index (χ1v) is 11.6. The summed E-state index contributed by atoms with van der Waals surface area (Å²) < 4.78 is 5.21. The van der Waals surface area contributed by atoms with Gasteiger partial charge in [0.2, 0.25) is 0 Å². The highest BCUT2D eigenvalue weighted by atomic mass is 16.5. The number of carbonyl (C=O) groups excluding carboxylic acids is 4. The van der Waals surface area contributed by atoms with Crippen molar-refractivity contribution in [1.82, 2.24) is 0 Å². The van der Waals surface area contributed by atoms with E-state index in [4.69, 9.17) is 4.74 Å². The summed E-state index contributed by atoms with van der Waals surface area (Å²) >= 11 is 0. The summed E-state index contributed by atoms with van der Waals surface area (Å²) in [6, 6.07) is 0. The maximum absolute atomic E-state index is 14.1. The number of esters is 1. The molecule has 4 aliphatic carbocycles. The third-order valence-corrected chi connectivity index (χ3v) is 10.9. The molecule has 4 aliphatic rings. The summed E-state index contributed by atoms with van der Waals surface area (Å²) in [5, 5.41) is 11.7. The van der Waals surface area contributed by atoms with Gasteiger partial charge >= 0.3 is 5.97 Å². The second-order valence-corrected chi connectivity index (χ2v) is 12.1. The summed E-state index contributed by atoms with van der Waals surface area (Å²) in [4.78, 5) is 53.3. The van der Waals surface area contributed by atoms with Crippen LogP contribution in [0.2, 0.25) is 0 Å². The fourth-order valence-corrected chi connectivity index (χ4v) is 8.98. The molecule has 0 aromatic carbocycles. The molecule has 0 aromatic rings. The van der Waals surface area contributed by atoms with E-state index in [2.05, 4.69) is 13.5 Å². The lowest BCUT2D eigenvalue weighted by Gasteiger charge is -2.67. The minimum atomic E-state index is -2.33. The Kier molecular flexibility index (Phi) is 4.52. The quantitative estimate of drug-likeness (QED) is 0.398. The topological polar surface area (TPSA) is 97.7 Å². The highest BCUT2D eigenvalue weighted by molar-refractivity contribution is 6.24. The van der Waals surface area contributed by atoms with Gasteiger partial charge in [-0.2, -0.15) is 0 Å². The van der Waals surface area contributed by atoms with Gasteiger partial charge in [-0.15, -0.1) is 0 Å². The molecule has 0 aromatic heterocycles. The fourth-order valence-electron chi connectivity index (χ4n) is 8.98. The van der Waals surface area contributed by atoms with Gasteiger partial charge in [0, 0.05) is 17.3 Å². The van der Waals surface area contributed by atoms with Crippen LogP contribution in [0, 0.1) is 38.9 Å². The summed E-state index contributed by atoms with van der Waals surface area (Å²) in [6.07, 6.45) is 2.66. The highest BCUT2D eigenvalue weighted by Gasteiger charge is 2.85.